The number of halogens is 2. The van der Waals surface area contributed by atoms with Crippen LogP contribution in [0.2, 0.25) is 10.0 Å². The number of carbonyl (C=O) groups excluding carboxylic acids is 3. The molecule has 1 N–H and O–H groups in total. The highest BCUT2D eigenvalue weighted by atomic mass is 35.5. The van der Waals surface area contributed by atoms with Crippen LogP contribution in [-0.2, 0) is 16.1 Å². The van der Waals surface area contributed by atoms with E-state index in [9.17, 15) is 14.4 Å². The molecule has 8 nitrogen and oxygen atoms in total. The van der Waals surface area contributed by atoms with E-state index in [0.29, 0.717) is 46.5 Å². The number of carbonyl (C=O) groups is 3. The summed E-state index contributed by atoms with van der Waals surface area (Å²) in [7, 11) is 0. The van der Waals surface area contributed by atoms with Crippen LogP contribution in [0.15, 0.2) is 53.7 Å². The smallest absolute Gasteiger partial charge is 0.322 e. The summed E-state index contributed by atoms with van der Waals surface area (Å²) in [6, 6.07) is 12.5. The van der Waals surface area contributed by atoms with Gasteiger partial charge in [-0.2, -0.15) is 0 Å². The minimum Gasteiger partial charge on any atom is -0.339 e. The van der Waals surface area contributed by atoms with Gasteiger partial charge in [0.25, 0.3) is 5.91 Å². The minimum absolute atomic E-state index is 0.0311. The summed E-state index contributed by atoms with van der Waals surface area (Å²) >= 11 is 12.5. The quantitative estimate of drug-likeness (QED) is 0.587. The lowest BCUT2D eigenvalue weighted by Crippen LogP contribution is -2.51. The highest BCUT2D eigenvalue weighted by molar-refractivity contribution is 6.35. The zero-order valence-corrected chi connectivity index (χ0v) is 23.1. The Hall–Kier alpha value is -3.07. The van der Waals surface area contributed by atoms with Gasteiger partial charge >= 0.3 is 6.03 Å². The fraction of sp³-hybridized carbons (Fsp3) is 0.393. The number of benzene rings is 2. The molecule has 38 heavy (non-hydrogen) atoms. The van der Waals surface area contributed by atoms with Crippen LogP contribution >= 0.6 is 23.2 Å². The van der Waals surface area contributed by atoms with Crippen LogP contribution in [0.3, 0.4) is 0 Å². The molecule has 0 aliphatic carbocycles. The Labute approximate surface area is 232 Å². The van der Waals surface area contributed by atoms with Gasteiger partial charge in [-0.25, -0.2) is 4.79 Å². The number of rotatable bonds is 6. The molecule has 0 aromatic heterocycles. The van der Waals surface area contributed by atoms with E-state index < -0.39 is 6.04 Å². The fourth-order valence-corrected chi connectivity index (χ4v) is 5.87. The van der Waals surface area contributed by atoms with Crippen molar-refractivity contribution in [2.45, 2.75) is 26.4 Å². The molecule has 0 radical (unpaired) electrons. The average molecular weight is 556 g/mol. The summed E-state index contributed by atoms with van der Waals surface area (Å²) < 4.78 is 0. The Morgan fingerprint density at radius 1 is 1.03 bits per heavy atom. The van der Waals surface area contributed by atoms with Gasteiger partial charge in [0, 0.05) is 49.3 Å². The summed E-state index contributed by atoms with van der Waals surface area (Å²) in [6.45, 7) is 8.15. The fourth-order valence-electron chi connectivity index (χ4n) is 5.35. The van der Waals surface area contributed by atoms with Crippen LogP contribution in [-0.4, -0.2) is 83.3 Å². The number of nitrogens with zero attached hydrogens (tertiary/aromatic N) is 4. The van der Waals surface area contributed by atoms with Crippen LogP contribution in [0.5, 0.6) is 0 Å². The van der Waals surface area contributed by atoms with Crippen LogP contribution in [0, 0.1) is 6.92 Å². The summed E-state index contributed by atoms with van der Waals surface area (Å²) in [6.07, 6.45) is 0. The van der Waals surface area contributed by atoms with Gasteiger partial charge in [-0.3, -0.25) is 19.4 Å². The summed E-state index contributed by atoms with van der Waals surface area (Å²) in [4.78, 5) is 47.0. The largest absolute Gasteiger partial charge is 0.339 e. The van der Waals surface area contributed by atoms with Crippen molar-refractivity contribution in [3.05, 3.63) is 80.5 Å². The molecule has 0 unspecified atom stereocenters. The molecule has 0 spiro atoms. The Bertz CT molecular complexity index is 1290. The predicted molar refractivity (Wildman–Crippen MR) is 147 cm³/mol. The van der Waals surface area contributed by atoms with E-state index in [0.717, 1.165) is 19.6 Å². The summed E-state index contributed by atoms with van der Waals surface area (Å²) in [5, 5.41) is 3.75. The lowest BCUT2D eigenvalue weighted by molar-refractivity contribution is -0.139. The lowest BCUT2D eigenvalue weighted by atomic mass is 9.95. The van der Waals surface area contributed by atoms with Crippen molar-refractivity contribution in [1.29, 1.82) is 0 Å². The third-order valence-electron chi connectivity index (χ3n) is 7.46. The second-order valence-corrected chi connectivity index (χ2v) is 10.8. The number of piperazine rings is 1. The number of hydrogen-bond donors (Lipinski definition) is 1. The number of hydrogen-bond acceptors (Lipinski definition) is 4. The number of nitrogens with one attached hydrogen (secondary N) is 1. The van der Waals surface area contributed by atoms with Crippen molar-refractivity contribution < 1.29 is 14.4 Å². The standard InChI is InChI=1S/C28H31Cl2N5O3/c1-3-35-23-16-34(27(37)25(23)26(31-28(35)38)21-9-8-20(29)14-22(21)30)17-24(36)33-12-10-32(11-13-33)15-19-6-4-18(2)5-7-19/h4-9,14,26H,3,10-13,15-17H2,1-2H3,(H,31,38)/t26-/m0/s1. The van der Waals surface area contributed by atoms with Crippen molar-refractivity contribution in [1.82, 2.24) is 24.9 Å². The maximum Gasteiger partial charge on any atom is 0.322 e. The van der Waals surface area contributed by atoms with Crippen LogP contribution < -0.4 is 5.32 Å². The van der Waals surface area contributed by atoms with Gasteiger partial charge in [0.2, 0.25) is 5.91 Å². The van der Waals surface area contributed by atoms with Crippen molar-refractivity contribution >= 4 is 41.0 Å². The molecule has 1 saturated heterocycles. The van der Waals surface area contributed by atoms with Crippen molar-refractivity contribution in [2.75, 3.05) is 45.8 Å². The molecule has 5 rings (SSSR count). The monoisotopic (exact) mass is 555 g/mol. The van der Waals surface area contributed by atoms with Gasteiger partial charge < -0.3 is 15.1 Å². The first-order valence-electron chi connectivity index (χ1n) is 12.9. The number of urea groups is 1. The first-order valence-corrected chi connectivity index (χ1v) is 13.6. The Kier molecular flexibility index (Phi) is 7.66. The maximum atomic E-state index is 13.6. The van der Waals surface area contributed by atoms with Gasteiger partial charge in [-0.15, -0.1) is 0 Å². The minimum atomic E-state index is -0.706. The zero-order valence-electron chi connectivity index (χ0n) is 21.5. The van der Waals surface area contributed by atoms with Gasteiger partial charge in [0.05, 0.1) is 23.9 Å². The van der Waals surface area contributed by atoms with E-state index in [4.69, 9.17) is 23.2 Å². The molecule has 3 aliphatic heterocycles. The molecule has 3 aliphatic rings. The van der Waals surface area contributed by atoms with Gasteiger partial charge in [0.15, 0.2) is 0 Å². The third-order valence-corrected chi connectivity index (χ3v) is 8.03. The predicted octanol–water partition coefficient (Wildman–Crippen LogP) is 3.83. The molecular weight excluding hydrogens is 525 g/mol. The number of likely N-dealkylation sites (N-methyl/N-ethyl adjacent to an activating group) is 1. The van der Waals surface area contributed by atoms with Crippen molar-refractivity contribution in [3.8, 4) is 0 Å². The van der Waals surface area contributed by atoms with E-state index in [1.54, 1.807) is 23.1 Å². The van der Waals surface area contributed by atoms with Crippen molar-refractivity contribution in [3.63, 3.8) is 0 Å². The third kappa shape index (κ3) is 5.25. The highest BCUT2D eigenvalue weighted by Gasteiger charge is 2.44. The molecule has 1 atom stereocenters. The van der Waals surface area contributed by atoms with E-state index in [2.05, 4.69) is 41.4 Å². The molecular formula is C28H31Cl2N5O3. The first-order chi connectivity index (χ1) is 18.2. The Morgan fingerprint density at radius 3 is 2.39 bits per heavy atom. The molecule has 3 heterocycles. The van der Waals surface area contributed by atoms with Gasteiger partial charge in [-0.05, 0) is 37.1 Å². The van der Waals surface area contributed by atoms with Gasteiger partial charge in [-0.1, -0.05) is 59.1 Å². The van der Waals surface area contributed by atoms with Gasteiger partial charge in [0.1, 0.15) is 6.54 Å². The molecule has 2 aromatic rings. The highest BCUT2D eigenvalue weighted by Crippen LogP contribution is 2.39. The normalized spacial score (nSPS) is 20.2. The zero-order chi connectivity index (χ0) is 27.0. The van der Waals surface area contributed by atoms with Crippen LogP contribution in [0.4, 0.5) is 4.79 Å². The summed E-state index contributed by atoms with van der Waals surface area (Å²) in [5.41, 5.74) is 4.16. The molecule has 1 fully saturated rings. The second kappa shape index (κ2) is 11.0. The van der Waals surface area contributed by atoms with Crippen LogP contribution in [0.1, 0.15) is 29.7 Å². The second-order valence-electron chi connectivity index (χ2n) is 9.96. The Morgan fingerprint density at radius 2 is 1.74 bits per heavy atom. The first kappa shape index (κ1) is 26.5. The van der Waals surface area contributed by atoms with Crippen molar-refractivity contribution in [2.24, 2.45) is 0 Å². The maximum absolute atomic E-state index is 13.6. The molecule has 2 aromatic carbocycles. The Balaban J connectivity index is 1.25. The van der Waals surface area contributed by atoms with E-state index in [1.165, 1.54) is 16.0 Å². The lowest BCUT2D eigenvalue weighted by Gasteiger charge is -2.35. The molecule has 200 valence electrons. The molecule has 4 amide bonds. The van der Waals surface area contributed by atoms with Crippen LogP contribution in [0.25, 0.3) is 0 Å². The molecule has 0 bridgehead atoms. The van der Waals surface area contributed by atoms with E-state index in [-0.39, 0.29) is 30.9 Å². The number of amides is 4. The molecule has 0 saturated carbocycles. The van der Waals surface area contributed by atoms with E-state index >= 15 is 0 Å². The average Bonchev–Trinajstić information content (AvgIpc) is 3.21. The SMILES string of the molecule is CCN1C(=O)N[C@@H](c2ccc(Cl)cc2Cl)C2=C1CN(CC(=O)N1CCN(Cc3ccc(C)cc3)CC1)C2=O. The number of aryl methyl sites for hydroxylation is 1. The van der Waals surface area contributed by atoms with E-state index in [1.807, 2.05) is 11.8 Å². The molecule has 10 heteroatoms. The topological polar surface area (TPSA) is 76.2 Å². The summed E-state index contributed by atoms with van der Waals surface area (Å²) in [5.74, 6) is -0.350.